The van der Waals surface area contributed by atoms with Gasteiger partial charge in [0.2, 0.25) is 5.16 Å². The lowest BCUT2D eigenvalue weighted by molar-refractivity contribution is 0.601. The van der Waals surface area contributed by atoms with Gasteiger partial charge in [-0.1, -0.05) is 18.2 Å². The number of nitrogens with zero attached hydrogens (tertiary/aromatic N) is 5. The summed E-state index contributed by atoms with van der Waals surface area (Å²) >= 11 is 2.87. The number of hydrogen-bond donors (Lipinski definition) is 1. The topological polar surface area (TPSA) is 103 Å². The molecule has 0 bridgehead atoms. The Labute approximate surface area is 169 Å². The van der Waals surface area contributed by atoms with Crippen molar-refractivity contribution in [2.45, 2.75) is 21.3 Å². The SMILES string of the molecule is Cc1csc(Sc2nnnn2-c2ccc(S(=O)(=O)Nc3ccccc3)cc2)n1. The molecule has 142 valence electrons. The molecular formula is C17H14N6O2S3. The third kappa shape index (κ3) is 4.06. The Morgan fingerprint density at radius 3 is 2.50 bits per heavy atom. The third-order valence-corrected chi connectivity index (χ3v) is 7.03. The van der Waals surface area contributed by atoms with Gasteiger partial charge in [-0.15, -0.1) is 16.4 Å². The van der Waals surface area contributed by atoms with Crippen molar-refractivity contribution in [3.63, 3.8) is 0 Å². The lowest BCUT2D eigenvalue weighted by Crippen LogP contribution is -2.13. The van der Waals surface area contributed by atoms with E-state index in [4.69, 9.17) is 0 Å². The number of nitrogens with one attached hydrogen (secondary N) is 1. The number of aryl methyl sites for hydroxylation is 1. The summed E-state index contributed by atoms with van der Waals surface area (Å²) in [7, 11) is -3.68. The minimum absolute atomic E-state index is 0.151. The van der Waals surface area contributed by atoms with Crippen molar-refractivity contribution < 1.29 is 8.42 Å². The molecule has 11 heteroatoms. The zero-order chi connectivity index (χ0) is 19.6. The van der Waals surface area contributed by atoms with Crippen LogP contribution in [0.3, 0.4) is 0 Å². The first kappa shape index (κ1) is 18.6. The van der Waals surface area contributed by atoms with Gasteiger partial charge in [0, 0.05) is 16.8 Å². The van der Waals surface area contributed by atoms with Gasteiger partial charge in [0.1, 0.15) is 0 Å². The van der Waals surface area contributed by atoms with Crippen molar-refractivity contribution in [3.05, 3.63) is 65.7 Å². The fraction of sp³-hybridized carbons (Fsp3) is 0.0588. The van der Waals surface area contributed by atoms with Crippen molar-refractivity contribution in [2.75, 3.05) is 4.72 Å². The Bertz CT molecular complexity index is 1190. The third-order valence-electron chi connectivity index (χ3n) is 3.64. The van der Waals surface area contributed by atoms with Gasteiger partial charge in [-0.2, -0.15) is 4.68 Å². The van der Waals surface area contributed by atoms with E-state index in [1.54, 1.807) is 41.1 Å². The lowest BCUT2D eigenvalue weighted by atomic mass is 10.3. The Morgan fingerprint density at radius 1 is 1.07 bits per heavy atom. The maximum absolute atomic E-state index is 12.5. The summed E-state index contributed by atoms with van der Waals surface area (Å²) in [6, 6.07) is 15.1. The van der Waals surface area contributed by atoms with Crippen LogP contribution in [-0.2, 0) is 10.0 Å². The first-order valence-electron chi connectivity index (χ1n) is 8.08. The van der Waals surface area contributed by atoms with Crippen molar-refractivity contribution in [2.24, 2.45) is 0 Å². The molecule has 2 heterocycles. The quantitative estimate of drug-likeness (QED) is 0.500. The monoisotopic (exact) mass is 430 g/mol. The van der Waals surface area contributed by atoms with Gasteiger partial charge in [-0.25, -0.2) is 13.4 Å². The molecule has 2 aromatic heterocycles. The van der Waals surface area contributed by atoms with Crippen LogP contribution in [0.15, 0.2) is 74.4 Å². The van der Waals surface area contributed by atoms with Gasteiger partial charge in [0.05, 0.1) is 10.6 Å². The van der Waals surface area contributed by atoms with Crippen LogP contribution in [0.5, 0.6) is 0 Å². The summed E-state index contributed by atoms with van der Waals surface area (Å²) in [5, 5.41) is 14.2. The fourth-order valence-electron chi connectivity index (χ4n) is 2.35. The highest BCUT2D eigenvalue weighted by atomic mass is 32.2. The van der Waals surface area contributed by atoms with E-state index < -0.39 is 10.0 Å². The van der Waals surface area contributed by atoms with Crippen LogP contribution in [0.1, 0.15) is 5.69 Å². The number of rotatable bonds is 6. The van der Waals surface area contributed by atoms with Gasteiger partial charge in [-0.3, -0.25) is 4.72 Å². The molecule has 0 saturated heterocycles. The minimum Gasteiger partial charge on any atom is -0.280 e. The van der Waals surface area contributed by atoms with Gasteiger partial charge in [-0.05, 0) is 65.5 Å². The molecule has 0 saturated carbocycles. The Kier molecular flexibility index (Phi) is 5.11. The van der Waals surface area contributed by atoms with Crippen molar-refractivity contribution >= 4 is 38.8 Å². The number of anilines is 1. The zero-order valence-corrected chi connectivity index (χ0v) is 17.0. The predicted octanol–water partition coefficient (Wildman–Crippen LogP) is 3.38. The molecule has 0 fully saturated rings. The molecule has 0 aliphatic carbocycles. The van der Waals surface area contributed by atoms with E-state index in [1.165, 1.54) is 35.2 Å². The minimum atomic E-state index is -3.68. The summed E-state index contributed by atoms with van der Waals surface area (Å²) in [6.45, 7) is 1.92. The molecule has 4 aromatic rings. The highest BCUT2D eigenvalue weighted by molar-refractivity contribution is 8.00. The van der Waals surface area contributed by atoms with Crippen LogP contribution in [-0.4, -0.2) is 33.6 Å². The Hall–Kier alpha value is -2.76. The van der Waals surface area contributed by atoms with Crippen molar-refractivity contribution in [1.82, 2.24) is 25.2 Å². The number of benzene rings is 2. The predicted molar refractivity (Wildman–Crippen MR) is 107 cm³/mol. The molecule has 0 spiro atoms. The second-order valence-electron chi connectivity index (χ2n) is 5.70. The molecule has 4 rings (SSSR count). The van der Waals surface area contributed by atoms with E-state index in [1.807, 2.05) is 18.4 Å². The number of sulfonamides is 1. The Balaban J connectivity index is 1.56. The maximum atomic E-state index is 12.5. The second-order valence-corrected chi connectivity index (χ2v) is 9.45. The fourth-order valence-corrected chi connectivity index (χ4v) is 5.14. The molecule has 28 heavy (non-hydrogen) atoms. The molecular weight excluding hydrogens is 416 g/mol. The van der Waals surface area contributed by atoms with Crippen LogP contribution in [0.4, 0.5) is 5.69 Å². The van der Waals surface area contributed by atoms with Crippen molar-refractivity contribution in [1.29, 1.82) is 0 Å². The first-order chi connectivity index (χ1) is 13.5. The molecule has 8 nitrogen and oxygen atoms in total. The standard InChI is InChI=1S/C17H14N6O2S3/c1-12-11-26-17(18-12)27-16-19-21-22-23(16)14-7-9-15(10-8-14)28(24,25)20-13-5-3-2-4-6-13/h2-11,20H,1H3. The van der Waals surface area contributed by atoms with Crippen LogP contribution < -0.4 is 4.72 Å². The van der Waals surface area contributed by atoms with Crippen molar-refractivity contribution in [3.8, 4) is 5.69 Å². The molecule has 1 N–H and O–H groups in total. The highest BCUT2D eigenvalue weighted by Gasteiger charge is 2.16. The molecule has 0 aliphatic heterocycles. The van der Waals surface area contributed by atoms with Crippen LogP contribution >= 0.6 is 23.1 Å². The summed E-state index contributed by atoms with van der Waals surface area (Å²) < 4.78 is 30.0. The van der Waals surface area contributed by atoms with Gasteiger partial charge in [0.25, 0.3) is 10.0 Å². The van der Waals surface area contributed by atoms with E-state index in [-0.39, 0.29) is 4.90 Å². The van der Waals surface area contributed by atoms with E-state index >= 15 is 0 Å². The number of tetrazole rings is 1. The smallest absolute Gasteiger partial charge is 0.261 e. The van der Waals surface area contributed by atoms with Gasteiger partial charge < -0.3 is 0 Å². The highest BCUT2D eigenvalue weighted by Crippen LogP contribution is 2.29. The van der Waals surface area contributed by atoms with Gasteiger partial charge >= 0.3 is 0 Å². The summed E-state index contributed by atoms with van der Waals surface area (Å²) in [5.74, 6) is 0. The van der Waals surface area contributed by atoms with Crippen LogP contribution in [0.2, 0.25) is 0 Å². The summed E-state index contributed by atoms with van der Waals surface area (Å²) in [5.41, 5.74) is 2.09. The van der Waals surface area contributed by atoms with E-state index in [2.05, 4.69) is 25.2 Å². The molecule has 0 aliphatic rings. The Morgan fingerprint density at radius 2 is 1.82 bits per heavy atom. The zero-order valence-electron chi connectivity index (χ0n) is 14.6. The average molecular weight is 431 g/mol. The van der Waals surface area contributed by atoms with Crippen LogP contribution in [0, 0.1) is 6.92 Å². The van der Waals surface area contributed by atoms with Gasteiger partial charge in [0.15, 0.2) is 4.34 Å². The number of aromatic nitrogens is 5. The average Bonchev–Trinajstić information content (AvgIpc) is 3.31. The maximum Gasteiger partial charge on any atom is 0.261 e. The number of hydrogen-bond acceptors (Lipinski definition) is 8. The molecule has 0 radical (unpaired) electrons. The summed E-state index contributed by atoms with van der Waals surface area (Å²) in [6.07, 6.45) is 0. The molecule has 0 amide bonds. The molecule has 2 aromatic carbocycles. The number of thiazole rings is 1. The van der Waals surface area contributed by atoms with Crippen LogP contribution in [0.25, 0.3) is 5.69 Å². The molecule has 0 atom stereocenters. The summed E-state index contributed by atoms with van der Waals surface area (Å²) in [4.78, 5) is 4.54. The molecule has 0 unspecified atom stereocenters. The normalized spacial score (nSPS) is 11.5. The second kappa shape index (κ2) is 7.70. The largest absolute Gasteiger partial charge is 0.280 e. The number of para-hydroxylation sites is 1. The van der Waals surface area contributed by atoms with E-state index in [0.29, 0.717) is 16.5 Å². The van der Waals surface area contributed by atoms with E-state index in [0.717, 1.165) is 10.0 Å². The first-order valence-corrected chi connectivity index (χ1v) is 11.3. The lowest BCUT2D eigenvalue weighted by Gasteiger charge is -2.09. The van der Waals surface area contributed by atoms with E-state index in [9.17, 15) is 8.42 Å².